The molecule has 0 saturated heterocycles. The summed E-state index contributed by atoms with van der Waals surface area (Å²) >= 11 is 0. The van der Waals surface area contributed by atoms with E-state index in [-0.39, 0.29) is 17.8 Å². The molecule has 0 aliphatic carbocycles. The van der Waals surface area contributed by atoms with Gasteiger partial charge in [-0.3, -0.25) is 19.9 Å². The van der Waals surface area contributed by atoms with Crippen LogP contribution in [0.5, 0.6) is 0 Å². The largest absolute Gasteiger partial charge is 0.366 e. The highest BCUT2D eigenvalue weighted by Gasteiger charge is 2.24. The minimum atomic E-state index is -0.783. The van der Waals surface area contributed by atoms with Gasteiger partial charge in [0.2, 0.25) is 0 Å². The molecule has 2 N–H and O–H groups in total. The molecule has 0 fully saturated rings. The van der Waals surface area contributed by atoms with Crippen LogP contribution in [0.1, 0.15) is 0 Å². The van der Waals surface area contributed by atoms with Crippen LogP contribution < -0.4 is 5.73 Å². The van der Waals surface area contributed by atoms with Gasteiger partial charge in [0.1, 0.15) is 5.57 Å². The highest BCUT2D eigenvalue weighted by molar-refractivity contribution is 6.00. The van der Waals surface area contributed by atoms with Crippen molar-refractivity contribution in [2.75, 3.05) is 6.54 Å². The van der Waals surface area contributed by atoms with E-state index in [1.165, 1.54) is 0 Å². The fourth-order valence-electron chi connectivity index (χ4n) is 0.744. The van der Waals surface area contributed by atoms with Crippen molar-refractivity contribution in [3.05, 3.63) is 21.4 Å². The predicted molar refractivity (Wildman–Crippen MR) is 36.6 cm³/mol. The highest BCUT2D eigenvalue weighted by Crippen LogP contribution is 2.09. The molecule has 0 bridgehead atoms. The van der Waals surface area contributed by atoms with Crippen molar-refractivity contribution in [1.29, 1.82) is 0 Å². The maximum absolute atomic E-state index is 10.5. The number of nitrogens with zero attached hydrogens (tertiary/aromatic N) is 2. The van der Waals surface area contributed by atoms with Crippen molar-refractivity contribution in [2.24, 2.45) is 10.7 Å². The molecule has 0 spiro atoms. The van der Waals surface area contributed by atoms with E-state index in [0.717, 1.165) is 6.21 Å². The summed E-state index contributed by atoms with van der Waals surface area (Å²) in [6, 6.07) is 0. The third-order valence-electron chi connectivity index (χ3n) is 1.27. The molecule has 0 unspecified atom stereocenters. The number of hydrogen-bond acceptors (Lipinski definition) is 4. The first kappa shape index (κ1) is 7.39. The summed E-state index contributed by atoms with van der Waals surface area (Å²) in [5.74, 6) is -0.783. The molecule has 6 nitrogen and oxygen atoms in total. The SMILES string of the molecule is NC(=O)C1=C([N+](=O)[O-])C=NC1. The van der Waals surface area contributed by atoms with Crippen LogP contribution in [-0.4, -0.2) is 23.6 Å². The van der Waals surface area contributed by atoms with Gasteiger partial charge in [-0.05, 0) is 0 Å². The van der Waals surface area contributed by atoms with Crippen LogP contribution in [0.15, 0.2) is 16.3 Å². The molecule has 0 saturated carbocycles. The predicted octanol–water partition coefficient (Wildman–Crippen LogP) is -0.913. The molecule has 6 heteroatoms. The standard InChI is InChI=1S/C5H5N3O3/c6-5(9)3-1-7-2-4(3)8(10)11/h2H,1H2,(H2,6,9). The van der Waals surface area contributed by atoms with Gasteiger partial charge in [-0.15, -0.1) is 0 Å². The summed E-state index contributed by atoms with van der Waals surface area (Å²) in [6.07, 6.45) is 1.04. The zero-order valence-corrected chi connectivity index (χ0v) is 5.48. The number of hydrogen-bond donors (Lipinski definition) is 1. The normalized spacial score (nSPS) is 15.6. The van der Waals surface area contributed by atoms with E-state index < -0.39 is 10.8 Å². The molecule has 1 heterocycles. The van der Waals surface area contributed by atoms with Crippen LogP contribution in [0.3, 0.4) is 0 Å². The fraction of sp³-hybridized carbons (Fsp3) is 0.200. The molecule has 0 aromatic heterocycles. The molecule has 11 heavy (non-hydrogen) atoms. The van der Waals surface area contributed by atoms with E-state index in [9.17, 15) is 14.9 Å². The van der Waals surface area contributed by atoms with E-state index in [1.807, 2.05) is 0 Å². The Kier molecular flexibility index (Phi) is 1.67. The van der Waals surface area contributed by atoms with Crippen LogP contribution in [0.4, 0.5) is 0 Å². The first-order valence-corrected chi connectivity index (χ1v) is 2.80. The summed E-state index contributed by atoms with van der Waals surface area (Å²) in [6.45, 7) is 0.0195. The average molecular weight is 155 g/mol. The average Bonchev–Trinajstić information content (AvgIpc) is 2.32. The molecule has 0 aromatic carbocycles. The second kappa shape index (κ2) is 2.49. The lowest BCUT2D eigenvalue weighted by atomic mass is 10.2. The third kappa shape index (κ3) is 1.23. The van der Waals surface area contributed by atoms with Gasteiger partial charge in [0, 0.05) is 0 Å². The van der Waals surface area contributed by atoms with Crippen molar-refractivity contribution in [3.8, 4) is 0 Å². The Morgan fingerprint density at radius 3 is 2.82 bits per heavy atom. The van der Waals surface area contributed by atoms with E-state index in [1.54, 1.807) is 0 Å². The Morgan fingerprint density at radius 1 is 1.82 bits per heavy atom. The smallest absolute Gasteiger partial charge is 0.297 e. The van der Waals surface area contributed by atoms with E-state index in [4.69, 9.17) is 5.73 Å². The monoisotopic (exact) mass is 155 g/mol. The van der Waals surface area contributed by atoms with Gasteiger partial charge in [0.15, 0.2) is 0 Å². The highest BCUT2D eigenvalue weighted by atomic mass is 16.6. The van der Waals surface area contributed by atoms with Crippen molar-refractivity contribution in [1.82, 2.24) is 0 Å². The number of amides is 1. The molecule has 1 aliphatic rings. The van der Waals surface area contributed by atoms with Gasteiger partial charge in [-0.25, -0.2) is 0 Å². The van der Waals surface area contributed by atoms with Gasteiger partial charge in [0.25, 0.3) is 11.6 Å². The zero-order valence-electron chi connectivity index (χ0n) is 5.48. The topological polar surface area (TPSA) is 98.6 Å². The second-order valence-electron chi connectivity index (χ2n) is 1.95. The minimum absolute atomic E-state index is 0.0195. The molecule has 0 aromatic rings. The number of aliphatic imine (C=N–C) groups is 1. The van der Waals surface area contributed by atoms with Crippen molar-refractivity contribution < 1.29 is 9.72 Å². The van der Waals surface area contributed by atoms with Crippen molar-refractivity contribution >= 4 is 12.1 Å². The lowest BCUT2D eigenvalue weighted by molar-refractivity contribution is -0.414. The number of rotatable bonds is 2. The van der Waals surface area contributed by atoms with Gasteiger partial charge in [0.05, 0.1) is 17.7 Å². The number of allylic oxidation sites excluding steroid dienone is 1. The van der Waals surface area contributed by atoms with Crippen LogP contribution in [0.2, 0.25) is 0 Å². The Bertz CT molecular complexity index is 279. The van der Waals surface area contributed by atoms with Crippen molar-refractivity contribution in [3.63, 3.8) is 0 Å². The Labute approximate surface area is 61.6 Å². The summed E-state index contributed by atoms with van der Waals surface area (Å²) in [5, 5.41) is 10.2. The number of primary amides is 1. The van der Waals surface area contributed by atoms with Crippen LogP contribution >= 0.6 is 0 Å². The summed E-state index contributed by atoms with van der Waals surface area (Å²) in [5.41, 5.74) is 4.52. The van der Waals surface area contributed by atoms with E-state index >= 15 is 0 Å². The summed E-state index contributed by atoms with van der Waals surface area (Å²) < 4.78 is 0. The van der Waals surface area contributed by atoms with Gasteiger partial charge < -0.3 is 5.73 Å². The van der Waals surface area contributed by atoms with E-state index in [2.05, 4.69) is 4.99 Å². The first-order chi connectivity index (χ1) is 5.13. The molecule has 1 rings (SSSR count). The maximum atomic E-state index is 10.5. The number of nitrogens with two attached hydrogens (primary N) is 1. The van der Waals surface area contributed by atoms with Gasteiger partial charge >= 0.3 is 0 Å². The fourth-order valence-corrected chi connectivity index (χ4v) is 0.744. The first-order valence-electron chi connectivity index (χ1n) is 2.80. The van der Waals surface area contributed by atoms with E-state index in [0.29, 0.717) is 0 Å². The number of carbonyl (C=O) groups excluding carboxylic acids is 1. The molecule has 58 valence electrons. The van der Waals surface area contributed by atoms with Gasteiger partial charge in [-0.2, -0.15) is 0 Å². The van der Waals surface area contributed by atoms with Crippen molar-refractivity contribution in [2.45, 2.75) is 0 Å². The molecule has 0 atom stereocenters. The molecular formula is C5H5N3O3. The lowest BCUT2D eigenvalue weighted by Gasteiger charge is -1.91. The zero-order chi connectivity index (χ0) is 8.43. The molecule has 1 amide bonds. The summed E-state index contributed by atoms with van der Waals surface area (Å²) in [4.78, 5) is 23.5. The Balaban J connectivity index is 3.02. The molecular weight excluding hydrogens is 150 g/mol. The molecule has 0 radical (unpaired) electrons. The third-order valence-corrected chi connectivity index (χ3v) is 1.27. The summed E-state index contributed by atoms with van der Waals surface area (Å²) in [7, 11) is 0. The Hall–Kier alpha value is -1.72. The number of carbonyl (C=O) groups is 1. The maximum Gasteiger partial charge on any atom is 0.297 e. The second-order valence-corrected chi connectivity index (χ2v) is 1.95. The van der Waals surface area contributed by atoms with Crippen LogP contribution in [-0.2, 0) is 4.79 Å². The Morgan fingerprint density at radius 2 is 2.45 bits per heavy atom. The quantitative estimate of drug-likeness (QED) is 0.412. The van der Waals surface area contributed by atoms with Crippen LogP contribution in [0, 0.1) is 10.1 Å². The lowest BCUT2D eigenvalue weighted by Crippen LogP contribution is -2.18. The van der Waals surface area contributed by atoms with Gasteiger partial charge in [-0.1, -0.05) is 0 Å². The minimum Gasteiger partial charge on any atom is -0.366 e. The molecule has 1 aliphatic heterocycles. The van der Waals surface area contributed by atoms with Crippen LogP contribution in [0.25, 0.3) is 0 Å². The number of nitro groups is 1.